The van der Waals surface area contributed by atoms with Gasteiger partial charge in [0.2, 0.25) is 5.91 Å². The van der Waals surface area contributed by atoms with Crippen molar-refractivity contribution in [3.05, 3.63) is 28.8 Å². The fourth-order valence-corrected chi connectivity index (χ4v) is 5.24. The number of halogens is 1. The lowest BCUT2D eigenvalue weighted by Crippen LogP contribution is -2.49. The minimum atomic E-state index is -3.05. The summed E-state index contributed by atoms with van der Waals surface area (Å²) in [6.07, 6.45) is 0.451. The molecule has 2 rings (SSSR count). The van der Waals surface area contributed by atoms with Crippen molar-refractivity contribution in [1.29, 1.82) is 0 Å². The van der Waals surface area contributed by atoms with Gasteiger partial charge in [-0.05, 0) is 38.6 Å². The van der Waals surface area contributed by atoms with Crippen LogP contribution in [-0.4, -0.2) is 57.0 Å². The number of rotatable bonds is 6. The zero-order valence-corrected chi connectivity index (χ0v) is 15.7. The van der Waals surface area contributed by atoms with Crippen LogP contribution in [0.25, 0.3) is 0 Å². The van der Waals surface area contributed by atoms with Crippen molar-refractivity contribution in [1.82, 2.24) is 10.2 Å². The Balaban J connectivity index is 1.94. The Morgan fingerprint density at radius 3 is 2.75 bits per heavy atom. The number of carbonyl (C=O) groups excluding carboxylic acids is 1. The van der Waals surface area contributed by atoms with Crippen LogP contribution in [0.4, 0.5) is 0 Å². The first kappa shape index (κ1) is 19.0. The molecular weight excluding hydrogens is 352 g/mol. The van der Waals surface area contributed by atoms with E-state index in [1.54, 1.807) is 32.2 Å². The Labute approximate surface area is 148 Å². The van der Waals surface area contributed by atoms with Crippen molar-refractivity contribution < 1.29 is 17.9 Å². The van der Waals surface area contributed by atoms with Crippen LogP contribution in [0.15, 0.2) is 18.2 Å². The van der Waals surface area contributed by atoms with Gasteiger partial charge in [-0.2, -0.15) is 0 Å². The molecule has 1 amide bonds. The van der Waals surface area contributed by atoms with Gasteiger partial charge in [-0.25, -0.2) is 8.42 Å². The number of benzene rings is 1. The smallest absolute Gasteiger partial charge is 0.234 e. The Kier molecular flexibility index (Phi) is 5.78. The van der Waals surface area contributed by atoms with E-state index in [-0.39, 0.29) is 24.0 Å². The van der Waals surface area contributed by atoms with Crippen molar-refractivity contribution >= 4 is 27.3 Å². The van der Waals surface area contributed by atoms with E-state index in [0.29, 0.717) is 23.7 Å². The van der Waals surface area contributed by atoms with E-state index < -0.39 is 15.4 Å². The molecule has 6 nitrogen and oxygen atoms in total. The predicted octanol–water partition coefficient (Wildman–Crippen LogP) is 1.47. The Hall–Kier alpha value is -1.31. The molecule has 0 spiro atoms. The maximum Gasteiger partial charge on any atom is 0.234 e. The van der Waals surface area contributed by atoms with Crippen LogP contribution in [-0.2, 0) is 21.2 Å². The second-order valence-corrected chi connectivity index (χ2v) is 9.20. The third kappa shape index (κ3) is 5.09. The van der Waals surface area contributed by atoms with Gasteiger partial charge < -0.3 is 10.1 Å². The first-order chi connectivity index (χ1) is 11.1. The molecular formula is C16H23ClN2O4S. The molecule has 1 atom stereocenters. The lowest BCUT2D eigenvalue weighted by Gasteiger charge is -2.26. The Morgan fingerprint density at radius 1 is 1.46 bits per heavy atom. The highest BCUT2D eigenvalue weighted by Gasteiger charge is 2.39. The molecule has 1 N–H and O–H groups in total. The number of methoxy groups -OCH3 is 1. The van der Waals surface area contributed by atoms with Crippen molar-refractivity contribution in [2.75, 3.05) is 32.2 Å². The molecule has 1 aliphatic rings. The summed E-state index contributed by atoms with van der Waals surface area (Å²) < 4.78 is 28.5. The molecule has 1 fully saturated rings. The molecule has 0 unspecified atom stereocenters. The summed E-state index contributed by atoms with van der Waals surface area (Å²) in [5.41, 5.74) is 0.208. The summed E-state index contributed by atoms with van der Waals surface area (Å²) in [5.74, 6) is 0.635. The molecule has 0 radical (unpaired) electrons. The molecule has 1 aliphatic heterocycles. The number of ether oxygens (including phenoxy) is 1. The lowest BCUT2D eigenvalue weighted by molar-refractivity contribution is -0.123. The standard InChI is InChI=1S/C16H23ClN2O4S/c1-16(6-7-24(21,22)11-16)18-15(20)10-19(2)9-12-8-13(17)4-5-14(12)23-3/h4-5,8H,6-7,9-11H2,1-3H3,(H,18,20)/t16-/m0/s1. The quantitative estimate of drug-likeness (QED) is 0.816. The third-order valence-electron chi connectivity index (χ3n) is 4.04. The van der Waals surface area contributed by atoms with Gasteiger partial charge in [0, 0.05) is 17.1 Å². The maximum absolute atomic E-state index is 12.2. The first-order valence-electron chi connectivity index (χ1n) is 7.65. The van der Waals surface area contributed by atoms with Crippen LogP contribution < -0.4 is 10.1 Å². The minimum Gasteiger partial charge on any atom is -0.496 e. The van der Waals surface area contributed by atoms with E-state index in [2.05, 4.69) is 5.32 Å². The summed E-state index contributed by atoms with van der Waals surface area (Å²) in [6, 6.07) is 5.34. The number of amides is 1. The van der Waals surface area contributed by atoms with Gasteiger partial charge in [-0.15, -0.1) is 0 Å². The van der Waals surface area contributed by atoms with E-state index in [0.717, 1.165) is 5.56 Å². The van der Waals surface area contributed by atoms with Crippen LogP contribution in [0.3, 0.4) is 0 Å². The van der Waals surface area contributed by atoms with Gasteiger partial charge in [0.05, 0.1) is 30.7 Å². The third-order valence-corrected chi connectivity index (χ3v) is 6.18. The van der Waals surface area contributed by atoms with Crippen LogP contribution in [0.5, 0.6) is 5.75 Å². The summed E-state index contributed by atoms with van der Waals surface area (Å²) in [7, 11) is 0.347. The molecule has 24 heavy (non-hydrogen) atoms. The van der Waals surface area contributed by atoms with Crippen LogP contribution >= 0.6 is 11.6 Å². The number of sulfone groups is 1. The monoisotopic (exact) mass is 374 g/mol. The SMILES string of the molecule is COc1ccc(Cl)cc1CN(C)CC(=O)N[C@@]1(C)CCS(=O)(=O)C1. The largest absolute Gasteiger partial charge is 0.496 e. The number of carbonyl (C=O) groups is 1. The lowest BCUT2D eigenvalue weighted by atomic mass is 10.0. The summed E-state index contributed by atoms with van der Waals surface area (Å²) in [6.45, 7) is 2.42. The topological polar surface area (TPSA) is 75.7 Å². The van der Waals surface area contributed by atoms with Gasteiger partial charge in [0.1, 0.15) is 5.75 Å². The average Bonchev–Trinajstić information content (AvgIpc) is 2.72. The van der Waals surface area contributed by atoms with Gasteiger partial charge in [-0.1, -0.05) is 11.6 Å². The van der Waals surface area contributed by atoms with Gasteiger partial charge >= 0.3 is 0 Å². The van der Waals surface area contributed by atoms with Gasteiger partial charge in [0.25, 0.3) is 0 Å². The predicted molar refractivity (Wildman–Crippen MR) is 94.2 cm³/mol. The number of hydrogen-bond donors (Lipinski definition) is 1. The zero-order valence-electron chi connectivity index (χ0n) is 14.1. The van der Waals surface area contributed by atoms with Crippen LogP contribution in [0, 0.1) is 0 Å². The highest BCUT2D eigenvalue weighted by atomic mass is 35.5. The minimum absolute atomic E-state index is 0.00241. The van der Waals surface area contributed by atoms with E-state index in [1.165, 1.54) is 0 Å². The van der Waals surface area contributed by atoms with Crippen LogP contribution in [0.2, 0.25) is 5.02 Å². The van der Waals surface area contributed by atoms with Gasteiger partial charge in [-0.3, -0.25) is 9.69 Å². The molecule has 134 valence electrons. The molecule has 0 saturated carbocycles. The van der Waals surface area contributed by atoms with Gasteiger partial charge in [0.15, 0.2) is 9.84 Å². The Morgan fingerprint density at radius 2 is 2.17 bits per heavy atom. The Bertz CT molecular complexity index is 723. The average molecular weight is 375 g/mol. The molecule has 1 aromatic carbocycles. The molecule has 1 heterocycles. The van der Waals surface area contributed by atoms with Crippen molar-refractivity contribution in [2.24, 2.45) is 0 Å². The zero-order chi connectivity index (χ0) is 18.0. The fraction of sp³-hybridized carbons (Fsp3) is 0.562. The summed E-state index contributed by atoms with van der Waals surface area (Å²) >= 11 is 6.01. The van der Waals surface area contributed by atoms with Crippen LogP contribution in [0.1, 0.15) is 18.9 Å². The van der Waals surface area contributed by atoms with Crippen molar-refractivity contribution in [3.8, 4) is 5.75 Å². The number of nitrogens with one attached hydrogen (secondary N) is 1. The van der Waals surface area contributed by atoms with Crippen molar-refractivity contribution in [3.63, 3.8) is 0 Å². The number of likely N-dealkylation sites (N-methyl/N-ethyl adjacent to an activating group) is 1. The number of hydrogen-bond acceptors (Lipinski definition) is 5. The molecule has 8 heteroatoms. The first-order valence-corrected chi connectivity index (χ1v) is 9.85. The fourth-order valence-electron chi connectivity index (χ4n) is 2.95. The van der Waals surface area contributed by atoms with Crippen molar-refractivity contribution in [2.45, 2.75) is 25.4 Å². The van der Waals surface area contributed by atoms with E-state index >= 15 is 0 Å². The molecule has 0 bridgehead atoms. The summed E-state index contributed by atoms with van der Waals surface area (Å²) in [4.78, 5) is 14.1. The highest BCUT2D eigenvalue weighted by molar-refractivity contribution is 7.91. The second-order valence-electron chi connectivity index (χ2n) is 6.58. The number of nitrogens with zero attached hydrogens (tertiary/aromatic N) is 1. The highest BCUT2D eigenvalue weighted by Crippen LogP contribution is 2.24. The normalized spacial score (nSPS) is 22.5. The maximum atomic E-state index is 12.2. The molecule has 0 aliphatic carbocycles. The van der Waals surface area contributed by atoms with E-state index in [4.69, 9.17) is 16.3 Å². The molecule has 1 saturated heterocycles. The van der Waals surface area contributed by atoms with E-state index in [9.17, 15) is 13.2 Å². The molecule has 0 aromatic heterocycles. The summed E-state index contributed by atoms with van der Waals surface area (Å²) in [5, 5.41) is 3.45. The second kappa shape index (κ2) is 7.29. The molecule has 1 aromatic rings. The van der Waals surface area contributed by atoms with E-state index in [1.807, 2.05) is 11.9 Å².